The van der Waals surface area contributed by atoms with E-state index in [-0.39, 0.29) is 6.10 Å². The van der Waals surface area contributed by atoms with E-state index in [4.69, 9.17) is 16.3 Å². The lowest BCUT2D eigenvalue weighted by Gasteiger charge is -2.05. The number of esters is 1. The van der Waals surface area contributed by atoms with Gasteiger partial charge in [-0.15, -0.1) is 0 Å². The molecule has 0 N–H and O–H groups in total. The van der Waals surface area contributed by atoms with Crippen LogP contribution in [0.2, 0.25) is 5.15 Å². The first kappa shape index (κ1) is 10.9. The van der Waals surface area contributed by atoms with E-state index in [1.165, 1.54) is 10.7 Å². The number of carbonyl (C=O) groups is 1. The maximum Gasteiger partial charge on any atom is 0.343 e. The Bertz CT molecular complexity index is 536. The minimum absolute atomic E-state index is 0.179. The average Bonchev–Trinajstić information content (AvgIpc) is 2.59. The van der Waals surface area contributed by atoms with Crippen molar-refractivity contribution in [2.45, 2.75) is 20.0 Å². The predicted octanol–water partition coefficient (Wildman–Crippen LogP) is 1.95. The Kier molecular flexibility index (Phi) is 2.78. The predicted molar refractivity (Wildman–Crippen MR) is 58.5 cm³/mol. The van der Waals surface area contributed by atoms with Gasteiger partial charge in [-0.05, 0) is 19.9 Å². The molecular formula is C10H10ClN3O2. The van der Waals surface area contributed by atoms with Gasteiger partial charge >= 0.3 is 5.97 Å². The summed E-state index contributed by atoms with van der Waals surface area (Å²) in [6, 6.07) is 1.60. The van der Waals surface area contributed by atoms with E-state index >= 15 is 0 Å². The third kappa shape index (κ3) is 1.99. The van der Waals surface area contributed by atoms with Crippen LogP contribution in [0, 0.1) is 0 Å². The smallest absolute Gasteiger partial charge is 0.343 e. The van der Waals surface area contributed by atoms with Gasteiger partial charge in [0, 0.05) is 6.20 Å². The van der Waals surface area contributed by atoms with Crippen LogP contribution in [0.15, 0.2) is 18.5 Å². The van der Waals surface area contributed by atoms with Gasteiger partial charge in [-0.1, -0.05) is 11.6 Å². The number of ether oxygens (including phenoxy) is 1. The fourth-order valence-corrected chi connectivity index (χ4v) is 1.40. The second-order valence-corrected chi connectivity index (χ2v) is 3.92. The molecule has 0 saturated heterocycles. The molecule has 0 aliphatic carbocycles. The van der Waals surface area contributed by atoms with Crippen molar-refractivity contribution in [3.05, 3.63) is 29.2 Å². The van der Waals surface area contributed by atoms with Gasteiger partial charge in [0.1, 0.15) is 10.7 Å². The van der Waals surface area contributed by atoms with E-state index in [1.54, 1.807) is 26.1 Å². The van der Waals surface area contributed by atoms with Crippen LogP contribution >= 0.6 is 11.6 Å². The minimum atomic E-state index is -0.445. The van der Waals surface area contributed by atoms with Crippen LogP contribution in [0.4, 0.5) is 0 Å². The molecule has 6 heteroatoms. The minimum Gasteiger partial charge on any atom is -0.459 e. The fourth-order valence-electron chi connectivity index (χ4n) is 1.27. The molecule has 2 aromatic rings. The van der Waals surface area contributed by atoms with Crippen molar-refractivity contribution >= 4 is 23.2 Å². The number of nitrogens with zero attached hydrogens (tertiary/aromatic N) is 3. The van der Waals surface area contributed by atoms with Crippen LogP contribution in [0.5, 0.6) is 0 Å². The van der Waals surface area contributed by atoms with Crippen LogP contribution < -0.4 is 0 Å². The number of rotatable bonds is 2. The quantitative estimate of drug-likeness (QED) is 0.594. The monoisotopic (exact) mass is 239 g/mol. The average molecular weight is 240 g/mol. The van der Waals surface area contributed by atoms with Crippen molar-refractivity contribution in [1.82, 2.24) is 14.6 Å². The number of hydrogen-bond acceptors (Lipinski definition) is 4. The molecular weight excluding hydrogens is 230 g/mol. The van der Waals surface area contributed by atoms with E-state index in [0.717, 1.165) is 0 Å². The zero-order chi connectivity index (χ0) is 11.7. The zero-order valence-corrected chi connectivity index (χ0v) is 9.60. The molecule has 2 aromatic heterocycles. The molecule has 0 atom stereocenters. The molecule has 0 radical (unpaired) electrons. The lowest BCUT2D eigenvalue weighted by Crippen LogP contribution is -2.11. The van der Waals surface area contributed by atoms with Crippen molar-refractivity contribution in [3.63, 3.8) is 0 Å². The molecule has 2 rings (SSSR count). The molecule has 0 spiro atoms. The first-order chi connectivity index (χ1) is 7.58. The summed E-state index contributed by atoms with van der Waals surface area (Å²) >= 11 is 5.75. The Hall–Kier alpha value is -1.62. The van der Waals surface area contributed by atoms with E-state index in [9.17, 15) is 4.79 Å². The lowest BCUT2D eigenvalue weighted by atomic mass is 10.3. The molecule has 0 amide bonds. The standard InChI is InChI=1S/C10H10ClN3O2/c1-6(2)16-10(15)7-5-12-14-4-3-8(11)13-9(7)14/h3-6H,1-2H3. The summed E-state index contributed by atoms with van der Waals surface area (Å²) in [7, 11) is 0. The number of halogens is 1. The van der Waals surface area contributed by atoms with Crippen molar-refractivity contribution in [3.8, 4) is 0 Å². The van der Waals surface area contributed by atoms with Gasteiger partial charge < -0.3 is 4.74 Å². The van der Waals surface area contributed by atoms with Gasteiger partial charge in [-0.25, -0.2) is 14.3 Å². The van der Waals surface area contributed by atoms with Crippen molar-refractivity contribution in [1.29, 1.82) is 0 Å². The third-order valence-corrected chi connectivity index (χ3v) is 2.11. The second kappa shape index (κ2) is 4.09. The van der Waals surface area contributed by atoms with Gasteiger partial charge in [0.2, 0.25) is 0 Å². The fraction of sp³-hybridized carbons (Fsp3) is 0.300. The summed E-state index contributed by atoms with van der Waals surface area (Å²) in [5.74, 6) is -0.445. The molecule has 0 aliphatic heterocycles. The van der Waals surface area contributed by atoms with Gasteiger partial charge in [-0.3, -0.25) is 0 Å². The highest BCUT2D eigenvalue weighted by atomic mass is 35.5. The number of carbonyl (C=O) groups excluding carboxylic acids is 1. The summed E-state index contributed by atoms with van der Waals surface area (Å²) < 4.78 is 6.54. The Morgan fingerprint density at radius 2 is 2.31 bits per heavy atom. The van der Waals surface area contributed by atoms with E-state index < -0.39 is 5.97 Å². The van der Waals surface area contributed by atoms with Gasteiger partial charge in [0.15, 0.2) is 5.65 Å². The topological polar surface area (TPSA) is 56.5 Å². The molecule has 5 nitrogen and oxygen atoms in total. The molecule has 0 aromatic carbocycles. The van der Waals surface area contributed by atoms with Crippen molar-refractivity contribution in [2.75, 3.05) is 0 Å². The SMILES string of the molecule is CC(C)OC(=O)c1cnn2ccc(Cl)nc12. The van der Waals surface area contributed by atoms with Crippen molar-refractivity contribution < 1.29 is 9.53 Å². The molecule has 0 saturated carbocycles. The number of aromatic nitrogens is 3. The first-order valence-electron chi connectivity index (χ1n) is 4.79. The Morgan fingerprint density at radius 3 is 3.00 bits per heavy atom. The molecule has 0 unspecified atom stereocenters. The first-order valence-corrected chi connectivity index (χ1v) is 5.16. The lowest BCUT2D eigenvalue weighted by molar-refractivity contribution is 0.0380. The van der Waals surface area contributed by atoms with Crippen molar-refractivity contribution in [2.24, 2.45) is 0 Å². The Labute approximate surface area is 97.0 Å². The molecule has 0 fully saturated rings. The molecule has 2 heterocycles. The van der Waals surface area contributed by atoms with E-state index in [0.29, 0.717) is 16.4 Å². The highest BCUT2D eigenvalue weighted by molar-refractivity contribution is 6.29. The maximum atomic E-state index is 11.7. The summed E-state index contributed by atoms with van der Waals surface area (Å²) in [6.07, 6.45) is 2.88. The summed E-state index contributed by atoms with van der Waals surface area (Å²) in [5.41, 5.74) is 0.717. The number of hydrogen-bond donors (Lipinski definition) is 0. The van der Waals surface area contributed by atoms with Gasteiger partial charge in [-0.2, -0.15) is 5.10 Å². The maximum absolute atomic E-state index is 11.7. The van der Waals surface area contributed by atoms with E-state index in [1.807, 2.05) is 0 Å². The Balaban J connectivity index is 2.44. The third-order valence-electron chi connectivity index (χ3n) is 1.90. The summed E-state index contributed by atoms with van der Waals surface area (Å²) in [4.78, 5) is 15.7. The Morgan fingerprint density at radius 1 is 1.56 bits per heavy atom. The largest absolute Gasteiger partial charge is 0.459 e. The number of fused-ring (bicyclic) bond motifs is 1. The zero-order valence-electron chi connectivity index (χ0n) is 8.85. The van der Waals surface area contributed by atoms with Crippen LogP contribution in [0.1, 0.15) is 24.2 Å². The molecule has 16 heavy (non-hydrogen) atoms. The van der Waals surface area contributed by atoms with Crippen LogP contribution in [-0.4, -0.2) is 26.7 Å². The van der Waals surface area contributed by atoms with E-state index in [2.05, 4.69) is 10.1 Å². The normalized spacial score (nSPS) is 11.0. The van der Waals surface area contributed by atoms with Gasteiger partial charge in [0.05, 0.1) is 12.3 Å². The van der Waals surface area contributed by atoms with Crippen LogP contribution in [-0.2, 0) is 4.74 Å². The van der Waals surface area contributed by atoms with Crippen LogP contribution in [0.3, 0.4) is 0 Å². The molecule has 0 bridgehead atoms. The highest BCUT2D eigenvalue weighted by Gasteiger charge is 2.16. The summed E-state index contributed by atoms with van der Waals surface area (Å²) in [6.45, 7) is 3.56. The van der Waals surface area contributed by atoms with Gasteiger partial charge in [0.25, 0.3) is 0 Å². The second-order valence-electron chi connectivity index (χ2n) is 3.53. The highest BCUT2D eigenvalue weighted by Crippen LogP contribution is 2.13. The van der Waals surface area contributed by atoms with Crippen LogP contribution in [0.25, 0.3) is 5.65 Å². The molecule has 84 valence electrons. The summed E-state index contributed by atoms with van der Waals surface area (Å²) in [5, 5.41) is 4.29. The molecule has 0 aliphatic rings.